The molecule has 38 heavy (non-hydrogen) atoms. The van der Waals surface area contributed by atoms with Gasteiger partial charge in [-0.2, -0.15) is 0 Å². The minimum absolute atomic E-state index is 0.110. The molecule has 0 aliphatic carbocycles. The molecular formula is C27H34O11. The highest BCUT2D eigenvalue weighted by Crippen LogP contribution is 2.41. The van der Waals surface area contributed by atoms with Crippen molar-refractivity contribution in [3.8, 4) is 23.0 Å². The third-order valence-electron chi connectivity index (χ3n) is 6.87. The van der Waals surface area contributed by atoms with E-state index in [0.717, 1.165) is 0 Å². The van der Waals surface area contributed by atoms with Crippen molar-refractivity contribution in [2.75, 3.05) is 35.0 Å². The molecule has 7 atom stereocenters. The fraction of sp³-hybridized carbons (Fsp3) is 0.519. The minimum Gasteiger partial charge on any atom is -0.493 e. The molecule has 0 radical (unpaired) electrons. The van der Waals surface area contributed by atoms with Crippen LogP contribution >= 0.6 is 0 Å². The Morgan fingerprint density at radius 3 is 2.03 bits per heavy atom. The van der Waals surface area contributed by atoms with E-state index in [1.807, 2.05) is 0 Å². The molecule has 0 bridgehead atoms. The van der Waals surface area contributed by atoms with Crippen LogP contribution in [-0.4, -0.2) is 93.0 Å². The van der Waals surface area contributed by atoms with E-state index in [0.29, 0.717) is 34.1 Å². The van der Waals surface area contributed by atoms with Crippen LogP contribution in [0.15, 0.2) is 36.4 Å². The van der Waals surface area contributed by atoms with E-state index in [9.17, 15) is 20.1 Å². The van der Waals surface area contributed by atoms with E-state index in [2.05, 4.69) is 0 Å². The number of carbonyl (C=O) groups is 1. The Bertz CT molecular complexity index is 1110. The van der Waals surface area contributed by atoms with Crippen LogP contribution in [0.2, 0.25) is 0 Å². The monoisotopic (exact) mass is 534 g/mol. The molecule has 2 aromatic rings. The van der Waals surface area contributed by atoms with Crippen molar-refractivity contribution in [2.45, 2.75) is 55.8 Å². The van der Waals surface area contributed by atoms with Crippen molar-refractivity contribution in [2.24, 2.45) is 0 Å². The van der Waals surface area contributed by atoms with Gasteiger partial charge in [-0.25, -0.2) is 0 Å². The lowest BCUT2D eigenvalue weighted by atomic mass is 9.93. The maximum absolute atomic E-state index is 13.1. The number of aliphatic hydroxyl groups is 3. The average molecular weight is 535 g/mol. The first-order chi connectivity index (χ1) is 18.3. The van der Waals surface area contributed by atoms with E-state index in [1.165, 1.54) is 28.4 Å². The second kappa shape index (κ2) is 12.3. The maximum Gasteiger partial charge on any atom is 0.187 e. The summed E-state index contributed by atoms with van der Waals surface area (Å²) in [5.41, 5.74) is 1.11. The first-order valence-corrected chi connectivity index (χ1v) is 12.3. The highest BCUT2D eigenvalue weighted by atomic mass is 16.7. The van der Waals surface area contributed by atoms with Crippen LogP contribution in [0.4, 0.5) is 0 Å². The van der Waals surface area contributed by atoms with Crippen molar-refractivity contribution in [3.63, 3.8) is 0 Å². The number of hydrogen-bond acceptors (Lipinski definition) is 11. The molecule has 2 heterocycles. The van der Waals surface area contributed by atoms with Gasteiger partial charge >= 0.3 is 0 Å². The number of rotatable bonds is 10. The first kappa shape index (κ1) is 28.1. The van der Waals surface area contributed by atoms with E-state index >= 15 is 0 Å². The number of benzene rings is 2. The molecule has 7 unspecified atom stereocenters. The van der Waals surface area contributed by atoms with Crippen LogP contribution in [0.1, 0.15) is 34.9 Å². The summed E-state index contributed by atoms with van der Waals surface area (Å²) in [6.07, 6.45) is -6.87. The van der Waals surface area contributed by atoms with E-state index in [4.69, 9.17) is 33.2 Å². The number of ketones is 1. The molecule has 0 aromatic heterocycles. The zero-order valence-electron chi connectivity index (χ0n) is 21.7. The van der Waals surface area contributed by atoms with Gasteiger partial charge < -0.3 is 48.5 Å². The molecule has 2 aromatic carbocycles. The number of hydrogen-bond donors (Lipinski definition) is 3. The Labute approximate surface area is 220 Å². The summed E-state index contributed by atoms with van der Waals surface area (Å²) in [6.45, 7) is -0.508. The number of fused-ring (bicyclic) bond motifs is 1. The molecule has 208 valence electrons. The zero-order valence-corrected chi connectivity index (χ0v) is 21.7. The number of methoxy groups -OCH3 is 4. The summed E-state index contributed by atoms with van der Waals surface area (Å²) >= 11 is 0. The molecule has 11 nitrogen and oxygen atoms in total. The largest absolute Gasteiger partial charge is 0.493 e. The molecule has 2 fully saturated rings. The number of aliphatic hydroxyl groups excluding tert-OH is 3. The van der Waals surface area contributed by atoms with E-state index in [1.54, 1.807) is 36.4 Å². The number of carbonyl (C=O) groups excluding carboxylic acids is 1. The lowest BCUT2D eigenvalue weighted by molar-refractivity contribution is -0.369. The fourth-order valence-corrected chi connectivity index (χ4v) is 4.78. The zero-order chi connectivity index (χ0) is 27.4. The predicted molar refractivity (Wildman–Crippen MR) is 133 cm³/mol. The van der Waals surface area contributed by atoms with Gasteiger partial charge in [-0.15, -0.1) is 0 Å². The van der Waals surface area contributed by atoms with Gasteiger partial charge in [0.1, 0.15) is 30.5 Å². The van der Waals surface area contributed by atoms with Crippen LogP contribution in [-0.2, 0) is 14.2 Å². The molecule has 3 N–H and O–H groups in total. The number of Topliss-reactive ketones (excluding diaryl/α,β-unsaturated/α-hetero) is 1. The number of ether oxygens (including phenoxy) is 7. The molecule has 4 rings (SSSR count). The molecule has 2 aliphatic rings. The second-order valence-electron chi connectivity index (χ2n) is 9.05. The normalized spacial score (nSPS) is 28.8. The lowest BCUT2D eigenvalue weighted by Gasteiger charge is -2.48. The van der Waals surface area contributed by atoms with Gasteiger partial charge in [-0.3, -0.25) is 4.79 Å². The van der Waals surface area contributed by atoms with Crippen LogP contribution in [0.5, 0.6) is 23.0 Å². The molecule has 0 spiro atoms. The molecule has 2 saturated heterocycles. The van der Waals surface area contributed by atoms with Gasteiger partial charge in [0.15, 0.2) is 35.1 Å². The van der Waals surface area contributed by atoms with Crippen LogP contribution in [0.3, 0.4) is 0 Å². The standard InChI is InChI=1S/C27H34O11/c1-32-17-8-5-14(11-20(17)34-3)16(29)7-10-19-25(15-6-9-18(33-2)21(12-15)35-4)38-26-24(31)23(30)22(13-28)37-27(26)36-19/h5-6,8-9,11-12,19,22-28,30-31H,7,10,13H2,1-4H3. The third-order valence-corrected chi connectivity index (χ3v) is 6.87. The summed E-state index contributed by atoms with van der Waals surface area (Å²) in [7, 11) is 6.06. The van der Waals surface area contributed by atoms with Crippen molar-refractivity contribution >= 4 is 5.78 Å². The quantitative estimate of drug-likeness (QED) is 0.383. The van der Waals surface area contributed by atoms with E-state index in [-0.39, 0.29) is 18.6 Å². The lowest BCUT2D eigenvalue weighted by Crippen LogP contribution is -2.63. The summed E-state index contributed by atoms with van der Waals surface area (Å²) in [5, 5.41) is 30.6. The van der Waals surface area contributed by atoms with Gasteiger partial charge in [-0.05, 0) is 42.3 Å². The summed E-state index contributed by atoms with van der Waals surface area (Å²) in [6, 6.07) is 10.2. The molecular weight excluding hydrogens is 500 g/mol. The van der Waals surface area contributed by atoms with Crippen molar-refractivity contribution < 1.29 is 53.3 Å². The Morgan fingerprint density at radius 2 is 1.39 bits per heavy atom. The first-order valence-electron chi connectivity index (χ1n) is 12.3. The van der Waals surface area contributed by atoms with Crippen LogP contribution in [0, 0.1) is 0 Å². The van der Waals surface area contributed by atoms with Gasteiger partial charge in [-0.1, -0.05) is 6.07 Å². The van der Waals surface area contributed by atoms with Gasteiger partial charge in [0, 0.05) is 12.0 Å². The Hall–Kier alpha value is -2.93. The average Bonchev–Trinajstić information content (AvgIpc) is 2.96. The summed E-state index contributed by atoms with van der Waals surface area (Å²) in [4.78, 5) is 13.1. The van der Waals surface area contributed by atoms with Crippen molar-refractivity contribution in [1.29, 1.82) is 0 Å². The van der Waals surface area contributed by atoms with Crippen LogP contribution in [0.25, 0.3) is 0 Å². The molecule has 0 saturated carbocycles. The molecule has 0 amide bonds. The van der Waals surface area contributed by atoms with Gasteiger partial charge in [0.05, 0.1) is 41.2 Å². The molecule has 2 aliphatic heterocycles. The SMILES string of the molecule is COc1ccc(C(=O)CCC2OC3OC(CO)C(O)C(O)C3OC2c2ccc(OC)c(OC)c2)cc1OC. The highest BCUT2D eigenvalue weighted by Gasteiger charge is 2.51. The Kier molecular flexibility index (Phi) is 9.08. The third kappa shape index (κ3) is 5.58. The second-order valence-corrected chi connectivity index (χ2v) is 9.05. The Morgan fingerprint density at radius 1 is 0.789 bits per heavy atom. The van der Waals surface area contributed by atoms with Crippen molar-refractivity contribution in [3.05, 3.63) is 47.5 Å². The smallest absolute Gasteiger partial charge is 0.187 e. The van der Waals surface area contributed by atoms with Gasteiger partial charge in [0.2, 0.25) is 0 Å². The summed E-state index contributed by atoms with van der Waals surface area (Å²) in [5.74, 6) is 1.81. The van der Waals surface area contributed by atoms with Crippen molar-refractivity contribution in [1.82, 2.24) is 0 Å². The predicted octanol–water partition coefficient (Wildman–Crippen LogP) is 1.65. The maximum atomic E-state index is 13.1. The van der Waals surface area contributed by atoms with Crippen LogP contribution < -0.4 is 18.9 Å². The summed E-state index contributed by atoms with van der Waals surface area (Å²) < 4.78 is 39.5. The molecule has 11 heteroatoms. The highest BCUT2D eigenvalue weighted by molar-refractivity contribution is 5.96. The minimum atomic E-state index is -1.36. The van der Waals surface area contributed by atoms with Gasteiger partial charge in [0.25, 0.3) is 0 Å². The van der Waals surface area contributed by atoms with E-state index < -0.39 is 49.5 Å². The Balaban J connectivity index is 1.59. The fourth-order valence-electron chi connectivity index (χ4n) is 4.78. The topological polar surface area (TPSA) is 142 Å².